The van der Waals surface area contributed by atoms with Crippen molar-refractivity contribution < 1.29 is 14.6 Å². The van der Waals surface area contributed by atoms with E-state index >= 15 is 0 Å². The van der Waals surface area contributed by atoms with E-state index in [0.29, 0.717) is 30.6 Å². The van der Waals surface area contributed by atoms with Gasteiger partial charge in [0.05, 0.1) is 31.6 Å². The van der Waals surface area contributed by atoms with E-state index in [-0.39, 0.29) is 12.1 Å². The van der Waals surface area contributed by atoms with Crippen LogP contribution in [0.5, 0.6) is 0 Å². The minimum absolute atomic E-state index is 0.0377. The predicted octanol–water partition coefficient (Wildman–Crippen LogP) is 3.25. The molecule has 5 nitrogen and oxygen atoms in total. The number of allylic oxidation sites excluding steroid dienone is 1. The molecule has 1 heterocycles. The van der Waals surface area contributed by atoms with Crippen LogP contribution in [0, 0.1) is 0 Å². The number of hydrazine groups is 1. The smallest absolute Gasteiger partial charge is 0.157 e. The van der Waals surface area contributed by atoms with Gasteiger partial charge in [-0.05, 0) is 31.9 Å². The minimum atomic E-state index is -0.0733. The Kier molecular flexibility index (Phi) is 6.54. The van der Waals surface area contributed by atoms with Gasteiger partial charge in [-0.2, -0.15) is 0 Å². The minimum Gasteiger partial charge on any atom is -0.486 e. The molecule has 0 saturated heterocycles. The molecule has 2 rings (SSSR count). The van der Waals surface area contributed by atoms with Crippen LogP contribution in [0.1, 0.15) is 31.9 Å². The van der Waals surface area contributed by atoms with Gasteiger partial charge in [0, 0.05) is 6.20 Å². The Bertz CT molecular complexity index is 591. The Hall–Kier alpha value is -1.69. The lowest BCUT2D eigenvalue weighted by Gasteiger charge is -2.36. The standard InChI is InChI=1S/C18H25ClN2O3/c1-18(2,3)21-11-16(19)17(10-20-21)24-13-15-6-4-14(5-7-15)12-23-9-8-22/h4-7,10-11,20,22H,8-9,12-13H2,1-3H3. The van der Waals surface area contributed by atoms with Gasteiger partial charge in [0.15, 0.2) is 5.76 Å². The van der Waals surface area contributed by atoms with E-state index in [0.717, 1.165) is 11.1 Å². The second-order valence-electron chi connectivity index (χ2n) is 6.54. The molecule has 0 amide bonds. The summed E-state index contributed by atoms with van der Waals surface area (Å²) in [7, 11) is 0. The van der Waals surface area contributed by atoms with E-state index in [1.54, 1.807) is 6.20 Å². The molecule has 0 radical (unpaired) electrons. The maximum Gasteiger partial charge on any atom is 0.157 e. The van der Waals surface area contributed by atoms with Crippen LogP contribution >= 0.6 is 11.6 Å². The van der Waals surface area contributed by atoms with Crippen LogP contribution in [0.2, 0.25) is 0 Å². The van der Waals surface area contributed by atoms with Crippen molar-refractivity contribution in [1.29, 1.82) is 0 Å². The highest BCUT2D eigenvalue weighted by atomic mass is 35.5. The van der Waals surface area contributed by atoms with Crippen LogP contribution in [0.3, 0.4) is 0 Å². The van der Waals surface area contributed by atoms with Crippen LogP contribution in [-0.4, -0.2) is 28.9 Å². The summed E-state index contributed by atoms with van der Waals surface area (Å²) in [6.45, 7) is 7.59. The topological polar surface area (TPSA) is 54.0 Å². The molecule has 0 unspecified atom stereocenters. The first-order chi connectivity index (χ1) is 11.4. The fraction of sp³-hybridized carbons (Fsp3) is 0.444. The van der Waals surface area contributed by atoms with Gasteiger partial charge in [-0.3, -0.25) is 5.01 Å². The number of aliphatic hydroxyl groups excluding tert-OH is 1. The Morgan fingerprint density at radius 2 is 1.75 bits per heavy atom. The van der Waals surface area contributed by atoms with Crippen LogP contribution in [0.15, 0.2) is 47.5 Å². The van der Waals surface area contributed by atoms with E-state index in [1.807, 2.05) is 35.5 Å². The van der Waals surface area contributed by atoms with Gasteiger partial charge >= 0.3 is 0 Å². The number of hydrogen-bond donors (Lipinski definition) is 2. The summed E-state index contributed by atoms with van der Waals surface area (Å²) in [5, 5.41) is 11.2. The molecule has 1 aromatic rings. The van der Waals surface area contributed by atoms with Crippen molar-refractivity contribution in [3.8, 4) is 0 Å². The molecule has 0 atom stereocenters. The van der Waals surface area contributed by atoms with Crippen LogP contribution in [0.4, 0.5) is 0 Å². The third-order valence-electron chi connectivity index (χ3n) is 3.46. The van der Waals surface area contributed by atoms with Gasteiger partial charge in [-0.15, -0.1) is 0 Å². The monoisotopic (exact) mass is 352 g/mol. The van der Waals surface area contributed by atoms with E-state index < -0.39 is 0 Å². The summed E-state index contributed by atoms with van der Waals surface area (Å²) in [5.74, 6) is 0.618. The Labute approximate surface area is 148 Å². The third kappa shape index (κ3) is 5.44. The molecule has 0 saturated carbocycles. The number of nitrogens with one attached hydrogen (secondary N) is 1. The van der Waals surface area contributed by atoms with E-state index in [9.17, 15) is 0 Å². The number of halogens is 1. The summed E-state index contributed by atoms with van der Waals surface area (Å²) in [6, 6.07) is 7.96. The van der Waals surface area contributed by atoms with Crippen molar-refractivity contribution in [3.63, 3.8) is 0 Å². The zero-order valence-corrected chi connectivity index (χ0v) is 15.1. The molecule has 1 aliphatic heterocycles. The van der Waals surface area contributed by atoms with Crippen molar-refractivity contribution in [2.75, 3.05) is 13.2 Å². The van der Waals surface area contributed by atoms with Gasteiger partial charge in [0.1, 0.15) is 11.6 Å². The Morgan fingerprint density at radius 1 is 1.12 bits per heavy atom. The number of ether oxygens (including phenoxy) is 2. The first-order valence-electron chi connectivity index (χ1n) is 7.93. The SMILES string of the molecule is CC(C)(C)N1C=C(Cl)C(OCc2ccc(COCCO)cc2)=CN1. The van der Waals surface area contributed by atoms with Crippen LogP contribution < -0.4 is 5.43 Å². The fourth-order valence-corrected chi connectivity index (χ4v) is 2.26. The summed E-state index contributed by atoms with van der Waals surface area (Å²) in [6.07, 6.45) is 3.60. The molecule has 6 heteroatoms. The molecule has 0 spiro atoms. The Balaban J connectivity index is 1.85. The molecule has 0 aromatic heterocycles. The zero-order valence-electron chi connectivity index (χ0n) is 14.4. The normalized spacial score (nSPS) is 14.8. The highest BCUT2D eigenvalue weighted by Gasteiger charge is 2.22. The lowest BCUT2D eigenvalue weighted by molar-refractivity contribution is 0.0815. The quantitative estimate of drug-likeness (QED) is 0.738. The number of nitrogens with zero attached hydrogens (tertiary/aromatic N) is 1. The van der Waals surface area contributed by atoms with E-state index in [4.69, 9.17) is 26.2 Å². The van der Waals surface area contributed by atoms with Gasteiger partial charge in [0.2, 0.25) is 0 Å². The van der Waals surface area contributed by atoms with Crippen molar-refractivity contribution in [2.24, 2.45) is 0 Å². The molecule has 0 bridgehead atoms. The van der Waals surface area contributed by atoms with Crippen molar-refractivity contribution >= 4 is 11.6 Å². The molecule has 24 heavy (non-hydrogen) atoms. The molecular formula is C18H25ClN2O3. The summed E-state index contributed by atoms with van der Waals surface area (Å²) in [4.78, 5) is 0. The lowest BCUT2D eigenvalue weighted by atomic mass is 10.1. The van der Waals surface area contributed by atoms with Crippen LogP contribution in [0.25, 0.3) is 0 Å². The average Bonchev–Trinajstić information content (AvgIpc) is 2.54. The summed E-state index contributed by atoms with van der Waals surface area (Å²) >= 11 is 6.30. The molecule has 1 aromatic carbocycles. The molecule has 132 valence electrons. The van der Waals surface area contributed by atoms with Crippen molar-refractivity contribution in [3.05, 3.63) is 58.6 Å². The zero-order chi connectivity index (χ0) is 17.6. The Morgan fingerprint density at radius 3 is 2.29 bits per heavy atom. The molecule has 2 N–H and O–H groups in total. The van der Waals surface area contributed by atoms with Crippen molar-refractivity contribution in [2.45, 2.75) is 39.5 Å². The van der Waals surface area contributed by atoms with Gasteiger partial charge in [0.25, 0.3) is 0 Å². The van der Waals surface area contributed by atoms with E-state index in [1.165, 1.54) is 0 Å². The number of hydrogen-bond acceptors (Lipinski definition) is 5. The predicted molar refractivity (Wildman–Crippen MR) is 94.7 cm³/mol. The largest absolute Gasteiger partial charge is 0.486 e. The maximum absolute atomic E-state index is 8.69. The second kappa shape index (κ2) is 8.42. The molecule has 1 aliphatic rings. The summed E-state index contributed by atoms with van der Waals surface area (Å²) < 4.78 is 11.1. The number of aliphatic hydroxyl groups is 1. The first-order valence-corrected chi connectivity index (χ1v) is 8.30. The maximum atomic E-state index is 8.69. The summed E-state index contributed by atoms with van der Waals surface area (Å²) in [5.41, 5.74) is 5.19. The number of rotatable bonds is 7. The van der Waals surface area contributed by atoms with Crippen molar-refractivity contribution in [1.82, 2.24) is 10.4 Å². The highest BCUT2D eigenvalue weighted by Crippen LogP contribution is 2.24. The van der Waals surface area contributed by atoms with Gasteiger partial charge in [-0.25, -0.2) is 0 Å². The second-order valence-corrected chi connectivity index (χ2v) is 6.94. The first kappa shape index (κ1) is 18.6. The van der Waals surface area contributed by atoms with E-state index in [2.05, 4.69) is 26.2 Å². The van der Waals surface area contributed by atoms with Gasteiger partial charge in [-0.1, -0.05) is 35.9 Å². The fourth-order valence-electron chi connectivity index (χ4n) is 2.06. The highest BCUT2D eigenvalue weighted by molar-refractivity contribution is 6.31. The van der Waals surface area contributed by atoms with Gasteiger partial charge < -0.3 is 20.0 Å². The molecule has 0 fully saturated rings. The third-order valence-corrected chi connectivity index (χ3v) is 3.74. The van der Waals surface area contributed by atoms with Crippen LogP contribution in [-0.2, 0) is 22.7 Å². The number of benzene rings is 1. The molecule has 0 aliphatic carbocycles. The lowest BCUT2D eigenvalue weighted by Crippen LogP contribution is -2.46. The average molecular weight is 353 g/mol. The molecular weight excluding hydrogens is 328 g/mol.